The van der Waals surface area contributed by atoms with Crippen molar-refractivity contribution in [3.63, 3.8) is 0 Å². The van der Waals surface area contributed by atoms with Gasteiger partial charge in [-0.15, -0.1) is 0 Å². The second-order valence-corrected chi connectivity index (χ2v) is 31.6. The summed E-state index contributed by atoms with van der Waals surface area (Å²) in [6.07, 6.45) is 56.7. The van der Waals surface area contributed by atoms with E-state index in [9.17, 15) is 43.2 Å². The molecule has 0 aliphatic heterocycles. The molecule has 0 amide bonds. The Bertz CT molecular complexity index is 1860. The first-order chi connectivity index (χ1) is 46.4. The van der Waals surface area contributed by atoms with Crippen molar-refractivity contribution in [2.24, 2.45) is 11.8 Å². The molecule has 0 spiro atoms. The van der Waals surface area contributed by atoms with Gasteiger partial charge in [-0.2, -0.15) is 0 Å². The molecule has 0 rings (SSSR count). The Labute approximate surface area is 588 Å². The molecule has 5 atom stereocenters. The van der Waals surface area contributed by atoms with Gasteiger partial charge in [-0.05, 0) is 37.5 Å². The fourth-order valence-corrected chi connectivity index (χ4v) is 13.4. The van der Waals surface area contributed by atoms with E-state index in [-0.39, 0.29) is 25.7 Å². The third-order valence-corrected chi connectivity index (χ3v) is 19.9. The van der Waals surface area contributed by atoms with Crippen LogP contribution < -0.4 is 0 Å². The highest BCUT2D eigenvalue weighted by molar-refractivity contribution is 7.47. The Morgan fingerprint density at radius 3 is 0.708 bits per heavy atom. The lowest BCUT2D eigenvalue weighted by molar-refractivity contribution is -0.161. The van der Waals surface area contributed by atoms with Crippen molar-refractivity contribution in [3.05, 3.63) is 0 Å². The van der Waals surface area contributed by atoms with E-state index in [1.807, 2.05) is 0 Å². The van der Waals surface area contributed by atoms with E-state index in [0.29, 0.717) is 25.7 Å². The Hall–Kier alpha value is -1.94. The van der Waals surface area contributed by atoms with Crippen molar-refractivity contribution in [2.75, 3.05) is 39.6 Å². The van der Waals surface area contributed by atoms with Crippen molar-refractivity contribution in [1.29, 1.82) is 0 Å². The van der Waals surface area contributed by atoms with E-state index in [1.165, 1.54) is 218 Å². The number of carbonyl (C=O) groups is 4. The Morgan fingerprint density at radius 1 is 0.281 bits per heavy atom. The molecule has 0 aliphatic rings. The third-order valence-electron chi connectivity index (χ3n) is 18.0. The topological polar surface area (TPSA) is 237 Å². The highest BCUT2D eigenvalue weighted by atomic mass is 31.2. The fourth-order valence-electron chi connectivity index (χ4n) is 11.8. The van der Waals surface area contributed by atoms with Gasteiger partial charge in [0.05, 0.1) is 26.4 Å². The number of aliphatic hydroxyl groups is 1. The number of unbranched alkanes of at least 4 members (excludes halogenated alkanes) is 46. The second-order valence-electron chi connectivity index (χ2n) is 28.7. The Morgan fingerprint density at radius 2 is 0.479 bits per heavy atom. The van der Waals surface area contributed by atoms with Crippen LogP contribution in [-0.4, -0.2) is 96.7 Å². The average molecular weight is 1410 g/mol. The van der Waals surface area contributed by atoms with Gasteiger partial charge in [0.1, 0.15) is 19.3 Å². The van der Waals surface area contributed by atoms with Gasteiger partial charge in [-0.1, -0.05) is 350 Å². The molecule has 0 aromatic rings. The van der Waals surface area contributed by atoms with Crippen LogP contribution in [-0.2, 0) is 65.4 Å². The summed E-state index contributed by atoms with van der Waals surface area (Å²) in [5.74, 6) is -0.553. The lowest BCUT2D eigenvalue weighted by Crippen LogP contribution is -2.30. The normalized spacial score (nSPS) is 14.0. The number of hydrogen-bond acceptors (Lipinski definition) is 15. The number of esters is 4. The summed E-state index contributed by atoms with van der Waals surface area (Å²) in [4.78, 5) is 72.9. The molecule has 570 valence electrons. The van der Waals surface area contributed by atoms with Crippen molar-refractivity contribution < 1.29 is 80.2 Å². The van der Waals surface area contributed by atoms with Crippen LogP contribution in [0.1, 0.15) is 401 Å². The van der Waals surface area contributed by atoms with Crippen LogP contribution in [0.15, 0.2) is 0 Å². The first kappa shape index (κ1) is 94.1. The molecule has 17 nitrogen and oxygen atoms in total. The summed E-state index contributed by atoms with van der Waals surface area (Å²) in [6.45, 7) is 9.63. The Kier molecular flexibility index (Phi) is 67.4. The number of hydrogen-bond donors (Lipinski definition) is 3. The molecule has 2 unspecified atom stereocenters. The van der Waals surface area contributed by atoms with Gasteiger partial charge in [-0.3, -0.25) is 37.3 Å². The lowest BCUT2D eigenvalue weighted by Gasteiger charge is -2.21. The maximum atomic E-state index is 13.1. The van der Waals surface area contributed by atoms with E-state index in [2.05, 4.69) is 41.5 Å². The summed E-state index contributed by atoms with van der Waals surface area (Å²) in [6, 6.07) is 0. The van der Waals surface area contributed by atoms with Crippen LogP contribution in [0.5, 0.6) is 0 Å². The number of rotatable bonds is 76. The zero-order chi connectivity index (χ0) is 70.7. The Balaban J connectivity index is 5.25. The number of phosphoric acid groups is 2. The SMILES string of the molecule is CCCCCCCCCCCCCCCCCCC(=O)O[C@H](COC(=O)CCCCCCCCCCCCCCC(C)C)COP(=O)(O)OC[C@@H](O)COP(=O)(O)OC[C@@H](COC(=O)CCCCCCCCCCCC)OC(=O)CCCCCCCCCCCCCCC(C)C. The minimum absolute atomic E-state index is 0.107. The molecule has 0 bridgehead atoms. The minimum atomic E-state index is -4.96. The first-order valence-corrected chi connectivity index (χ1v) is 43.0. The van der Waals surface area contributed by atoms with E-state index in [4.69, 9.17) is 37.0 Å². The molecule has 0 aromatic heterocycles. The summed E-state index contributed by atoms with van der Waals surface area (Å²) in [5, 5.41) is 10.6. The molecular weight excluding hydrogens is 1260 g/mol. The van der Waals surface area contributed by atoms with E-state index >= 15 is 0 Å². The summed E-state index contributed by atoms with van der Waals surface area (Å²) >= 11 is 0. The number of aliphatic hydroxyl groups excluding tert-OH is 1. The zero-order valence-electron chi connectivity index (χ0n) is 62.7. The van der Waals surface area contributed by atoms with Crippen LogP contribution >= 0.6 is 15.6 Å². The molecule has 0 saturated heterocycles. The minimum Gasteiger partial charge on any atom is -0.462 e. The predicted molar refractivity (Wildman–Crippen MR) is 391 cm³/mol. The number of ether oxygens (including phenoxy) is 4. The molecule has 19 heteroatoms. The quantitative estimate of drug-likeness (QED) is 0.0222. The van der Waals surface area contributed by atoms with Crippen molar-refractivity contribution in [2.45, 2.75) is 419 Å². The van der Waals surface area contributed by atoms with Gasteiger partial charge in [0.2, 0.25) is 0 Å². The van der Waals surface area contributed by atoms with Gasteiger partial charge < -0.3 is 33.8 Å². The van der Waals surface area contributed by atoms with Gasteiger partial charge >= 0.3 is 39.5 Å². The maximum absolute atomic E-state index is 13.1. The summed E-state index contributed by atoms with van der Waals surface area (Å²) < 4.78 is 68.6. The summed E-state index contributed by atoms with van der Waals surface area (Å²) in [5.41, 5.74) is 0. The highest BCUT2D eigenvalue weighted by Crippen LogP contribution is 2.45. The van der Waals surface area contributed by atoms with E-state index < -0.39 is 97.5 Å². The molecule has 0 fully saturated rings. The maximum Gasteiger partial charge on any atom is 0.472 e. The smallest absolute Gasteiger partial charge is 0.462 e. The first-order valence-electron chi connectivity index (χ1n) is 40.0. The van der Waals surface area contributed by atoms with Gasteiger partial charge in [-0.25, -0.2) is 9.13 Å². The van der Waals surface area contributed by atoms with Gasteiger partial charge in [0.25, 0.3) is 0 Å². The second kappa shape index (κ2) is 68.8. The fraction of sp³-hybridized carbons (Fsp3) is 0.948. The van der Waals surface area contributed by atoms with Gasteiger partial charge in [0, 0.05) is 25.7 Å². The van der Waals surface area contributed by atoms with Crippen molar-refractivity contribution >= 4 is 39.5 Å². The lowest BCUT2D eigenvalue weighted by atomic mass is 10.0. The summed E-state index contributed by atoms with van der Waals surface area (Å²) in [7, 11) is -9.91. The molecule has 0 radical (unpaired) electrons. The van der Waals surface area contributed by atoms with Crippen LogP contribution in [0.2, 0.25) is 0 Å². The largest absolute Gasteiger partial charge is 0.472 e. The monoisotopic (exact) mass is 1410 g/mol. The van der Waals surface area contributed by atoms with Crippen molar-refractivity contribution in [3.8, 4) is 0 Å². The van der Waals surface area contributed by atoms with Crippen molar-refractivity contribution in [1.82, 2.24) is 0 Å². The van der Waals surface area contributed by atoms with Gasteiger partial charge in [0.15, 0.2) is 12.2 Å². The van der Waals surface area contributed by atoms with Crippen LogP contribution in [0.4, 0.5) is 0 Å². The molecule has 3 N–H and O–H groups in total. The zero-order valence-corrected chi connectivity index (χ0v) is 64.5. The molecular formula is C77H150O17P2. The molecule has 0 aliphatic carbocycles. The average Bonchev–Trinajstić information content (AvgIpc) is 2.03. The van der Waals surface area contributed by atoms with E-state index in [1.54, 1.807) is 0 Å². The number of carbonyl (C=O) groups excluding carboxylic acids is 4. The predicted octanol–water partition coefficient (Wildman–Crippen LogP) is 22.7. The van der Waals surface area contributed by atoms with Crippen LogP contribution in [0, 0.1) is 11.8 Å². The molecule has 0 aromatic carbocycles. The number of phosphoric ester groups is 2. The molecule has 0 saturated carbocycles. The van der Waals surface area contributed by atoms with E-state index in [0.717, 1.165) is 102 Å². The van der Waals surface area contributed by atoms with Crippen LogP contribution in [0.3, 0.4) is 0 Å². The molecule has 0 heterocycles. The highest BCUT2D eigenvalue weighted by Gasteiger charge is 2.30. The van der Waals surface area contributed by atoms with Crippen LogP contribution in [0.25, 0.3) is 0 Å². The molecule has 96 heavy (non-hydrogen) atoms. The third kappa shape index (κ3) is 70.5. The standard InChI is InChI=1S/C77H150O17P2/c1-7-9-11-13-15-17-19-20-21-22-23-31-37-43-49-55-61-76(81)94-73(66-88-75(80)60-54-48-42-36-30-26-24-28-33-39-45-51-57-69(3)4)68-92-96(85,86)90-64-71(78)63-89-95(83,84)91-67-72(65-87-74(79)59-53-47-41-35-18-16-14-12-10-8-2)93-77(82)62-56-50-44-38-32-27-25-29-34-40-46-52-58-70(5)6/h69-73,78H,7-68H2,1-6H3,(H,83,84)(H,85,86)/t71-,72+,73+/m0/s1.